The van der Waals surface area contributed by atoms with Gasteiger partial charge in [0.05, 0.1) is 5.69 Å². The molecule has 0 atom stereocenters. The van der Waals surface area contributed by atoms with Crippen LogP contribution in [0.4, 0.5) is 17.1 Å². The van der Waals surface area contributed by atoms with Crippen LogP contribution >= 0.6 is 0 Å². The smallest absolute Gasteiger partial charge is 0.242 e. The summed E-state index contributed by atoms with van der Waals surface area (Å²) >= 11 is 0. The Hall–Kier alpha value is -2.05. The second-order valence-electron chi connectivity index (χ2n) is 4.32. The normalized spacial score (nSPS) is 11.3. The second-order valence-corrected chi connectivity index (χ2v) is 6.18. The van der Waals surface area contributed by atoms with E-state index >= 15 is 0 Å². The number of nitrogens with one attached hydrogen (secondary N) is 1. The molecule has 0 saturated heterocycles. The number of nitrogens with two attached hydrogens (primary N) is 1. The highest BCUT2D eigenvalue weighted by Gasteiger charge is 2.16. The van der Waals surface area contributed by atoms with Crippen LogP contribution in [-0.4, -0.2) is 22.5 Å². The first-order valence-corrected chi connectivity index (χ1v) is 7.56. The van der Waals surface area contributed by atoms with E-state index in [9.17, 15) is 8.42 Å². The minimum absolute atomic E-state index is 0.0882. The zero-order valence-corrected chi connectivity index (χ0v) is 12.2. The number of hydrogen-bond acceptors (Lipinski definition) is 4. The lowest BCUT2D eigenvalue weighted by molar-refractivity contribution is 0.588. The lowest BCUT2D eigenvalue weighted by Gasteiger charge is -2.20. The third kappa shape index (κ3) is 2.76. The first kappa shape index (κ1) is 14.4. The van der Waals surface area contributed by atoms with Crippen LogP contribution in [0, 0.1) is 0 Å². The SMILES string of the molecule is CNS(=O)(=O)c1ccc(N(C)c2ccccc2)cc1N. The molecular formula is C14H17N3O2S. The summed E-state index contributed by atoms with van der Waals surface area (Å²) < 4.78 is 25.8. The maximum atomic E-state index is 11.8. The summed E-state index contributed by atoms with van der Waals surface area (Å²) in [5.41, 5.74) is 7.89. The van der Waals surface area contributed by atoms with Gasteiger partial charge in [-0.15, -0.1) is 0 Å². The van der Waals surface area contributed by atoms with E-state index in [0.29, 0.717) is 0 Å². The summed E-state index contributed by atoms with van der Waals surface area (Å²) in [6.07, 6.45) is 0. The topological polar surface area (TPSA) is 75.4 Å². The summed E-state index contributed by atoms with van der Waals surface area (Å²) in [7, 11) is -0.270. The molecule has 2 aromatic rings. The van der Waals surface area contributed by atoms with Crippen molar-refractivity contribution < 1.29 is 8.42 Å². The number of sulfonamides is 1. The van der Waals surface area contributed by atoms with Crippen LogP contribution < -0.4 is 15.4 Å². The standard InChI is InChI=1S/C14H17N3O2S/c1-16-20(18,19)14-9-8-12(10-13(14)15)17(2)11-6-4-3-5-7-11/h3-10,16H,15H2,1-2H3. The molecule has 0 amide bonds. The van der Waals surface area contributed by atoms with Crippen LogP contribution in [0.5, 0.6) is 0 Å². The Bertz CT molecular complexity index is 700. The fourth-order valence-corrected chi connectivity index (χ4v) is 2.74. The van der Waals surface area contributed by atoms with Crippen molar-refractivity contribution in [2.45, 2.75) is 4.90 Å². The predicted molar refractivity (Wildman–Crippen MR) is 81.6 cm³/mol. The van der Waals surface area contributed by atoms with Gasteiger partial charge in [-0.25, -0.2) is 13.1 Å². The third-order valence-corrected chi connectivity index (χ3v) is 4.57. The van der Waals surface area contributed by atoms with Gasteiger partial charge in [0.2, 0.25) is 10.0 Å². The number of nitrogen functional groups attached to an aromatic ring is 1. The number of anilines is 3. The predicted octanol–water partition coefficient (Wildman–Crippen LogP) is 1.94. The van der Waals surface area contributed by atoms with Crippen molar-refractivity contribution in [1.29, 1.82) is 0 Å². The fraction of sp³-hybridized carbons (Fsp3) is 0.143. The Balaban J connectivity index is 2.40. The van der Waals surface area contributed by atoms with E-state index in [1.165, 1.54) is 13.1 Å². The molecular weight excluding hydrogens is 274 g/mol. The Morgan fingerprint density at radius 2 is 1.70 bits per heavy atom. The molecule has 0 bridgehead atoms. The molecule has 20 heavy (non-hydrogen) atoms. The highest BCUT2D eigenvalue weighted by Crippen LogP contribution is 2.28. The van der Waals surface area contributed by atoms with Crippen molar-refractivity contribution in [3.05, 3.63) is 48.5 Å². The van der Waals surface area contributed by atoms with Crippen molar-refractivity contribution in [2.75, 3.05) is 24.7 Å². The van der Waals surface area contributed by atoms with Crippen molar-refractivity contribution in [3.63, 3.8) is 0 Å². The Labute approximate surface area is 119 Å². The second kappa shape index (κ2) is 5.52. The molecule has 0 spiro atoms. The van der Waals surface area contributed by atoms with Gasteiger partial charge in [0.1, 0.15) is 4.90 Å². The van der Waals surface area contributed by atoms with Crippen LogP contribution in [-0.2, 0) is 10.0 Å². The maximum Gasteiger partial charge on any atom is 0.242 e. The zero-order valence-electron chi connectivity index (χ0n) is 11.4. The molecule has 106 valence electrons. The van der Waals surface area contributed by atoms with Gasteiger partial charge >= 0.3 is 0 Å². The number of para-hydroxylation sites is 1. The Morgan fingerprint density at radius 1 is 1.05 bits per heavy atom. The van der Waals surface area contributed by atoms with E-state index in [2.05, 4.69) is 4.72 Å². The van der Waals surface area contributed by atoms with Crippen LogP contribution in [0.3, 0.4) is 0 Å². The van der Waals surface area contributed by atoms with E-state index < -0.39 is 10.0 Å². The van der Waals surface area contributed by atoms with E-state index in [1.54, 1.807) is 12.1 Å². The lowest BCUT2D eigenvalue weighted by atomic mass is 10.2. The monoisotopic (exact) mass is 291 g/mol. The van der Waals surface area contributed by atoms with Gasteiger partial charge in [0.15, 0.2) is 0 Å². The van der Waals surface area contributed by atoms with E-state index in [4.69, 9.17) is 5.73 Å². The molecule has 0 heterocycles. The van der Waals surface area contributed by atoms with Crippen molar-refractivity contribution in [2.24, 2.45) is 0 Å². The summed E-state index contributed by atoms with van der Waals surface area (Å²) in [5.74, 6) is 0. The van der Waals surface area contributed by atoms with E-state index in [1.807, 2.05) is 42.3 Å². The van der Waals surface area contributed by atoms with Crippen molar-refractivity contribution in [1.82, 2.24) is 4.72 Å². The number of benzene rings is 2. The minimum atomic E-state index is -3.53. The zero-order chi connectivity index (χ0) is 14.8. The molecule has 0 radical (unpaired) electrons. The van der Waals surface area contributed by atoms with Gasteiger partial charge in [-0.3, -0.25) is 0 Å². The number of hydrogen-bond donors (Lipinski definition) is 2. The van der Waals surface area contributed by atoms with Gasteiger partial charge in [-0.1, -0.05) is 18.2 Å². The van der Waals surface area contributed by atoms with Gasteiger partial charge in [-0.2, -0.15) is 0 Å². The highest BCUT2D eigenvalue weighted by atomic mass is 32.2. The molecule has 0 unspecified atom stereocenters. The molecule has 0 aliphatic carbocycles. The molecule has 0 saturated carbocycles. The molecule has 0 aliphatic rings. The van der Waals surface area contributed by atoms with E-state index in [-0.39, 0.29) is 10.6 Å². The summed E-state index contributed by atoms with van der Waals surface area (Å²) in [4.78, 5) is 2.02. The van der Waals surface area contributed by atoms with Crippen molar-refractivity contribution >= 4 is 27.1 Å². The van der Waals surface area contributed by atoms with Crippen LogP contribution in [0.25, 0.3) is 0 Å². The number of nitrogens with zero attached hydrogens (tertiary/aromatic N) is 1. The molecule has 6 heteroatoms. The summed E-state index contributed by atoms with van der Waals surface area (Å²) in [6.45, 7) is 0. The quantitative estimate of drug-likeness (QED) is 0.844. The molecule has 5 nitrogen and oxygen atoms in total. The first-order valence-electron chi connectivity index (χ1n) is 6.07. The van der Waals surface area contributed by atoms with E-state index in [0.717, 1.165) is 11.4 Å². The number of rotatable bonds is 4. The fourth-order valence-electron chi connectivity index (χ4n) is 1.90. The Kier molecular flexibility index (Phi) is 3.96. The highest BCUT2D eigenvalue weighted by molar-refractivity contribution is 7.89. The summed E-state index contributed by atoms with van der Waals surface area (Å²) in [5, 5.41) is 0. The van der Waals surface area contributed by atoms with Gasteiger partial charge < -0.3 is 10.6 Å². The minimum Gasteiger partial charge on any atom is -0.398 e. The average molecular weight is 291 g/mol. The molecule has 3 N–H and O–H groups in total. The lowest BCUT2D eigenvalue weighted by Crippen LogP contribution is -2.20. The van der Waals surface area contributed by atoms with Crippen LogP contribution in [0.2, 0.25) is 0 Å². The first-order chi connectivity index (χ1) is 9.45. The maximum absolute atomic E-state index is 11.8. The van der Waals surface area contributed by atoms with Gasteiger partial charge in [0, 0.05) is 18.4 Å². The van der Waals surface area contributed by atoms with Crippen LogP contribution in [0.1, 0.15) is 0 Å². The average Bonchev–Trinajstić information content (AvgIpc) is 2.47. The van der Waals surface area contributed by atoms with Gasteiger partial charge in [-0.05, 0) is 37.4 Å². The summed E-state index contributed by atoms with van der Waals surface area (Å²) in [6, 6.07) is 14.6. The molecule has 2 rings (SSSR count). The van der Waals surface area contributed by atoms with Crippen LogP contribution in [0.15, 0.2) is 53.4 Å². The largest absolute Gasteiger partial charge is 0.398 e. The molecule has 2 aromatic carbocycles. The third-order valence-electron chi connectivity index (χ3n) is 3.08. The molecule has 0 fully saturated rings. The molecule has 0 aromatic heterocycles. The van der Waals surface area contributed by atoms with Crippen molar-refractivity contribution in [3.8, 4) is 0 Å². The Morgan fingerprint density at radius 3 is 2.25 bits per heavy atom. The molecule has 0 aliphatic heterocycles. The van der Waals surface area contributed by atoms with Gasteiger partial charge in [0.25, 0.3) is 0 Å².